The Morgan fingerprint density at radius 3 is 2.93 bits per heavy atom. The molecule has 2 aromatic rings. The molecule has 4 N–H and O–H groups in total. The van der Waals surface area contributed by atoms with Crippen LogP contribution in [0.15, 0.2) is 41.7 Å². The lowest BCUT2D eigenvalue weighted by atomic mass is 9.86. The summed E-state index contributed by atoms with van der Waals surface area (Å²) in [6.45, 7) is 0.316. The number of fused-ring (bicyclic) bond motifs is 1. The third kappa shape index (κ3) is 3.97. The summed E-state index contributed by atoms with van der Waals surface area (Å²) in [5.74, 6) is -0.391. The quantitative estimate of drug-likeness (QED) is 0.604. The molecular formula is C20H22BrN5O4. The maximum absolute atomic E-state index is 13.3. The van der Waals surface area contributed by atoms with Crippen molar-refractivity contribution in [3.63, 3.8) is 0 Å². The zero-order valence-electron chi connectivity index (χ0n) is 16.1. The number of carboxylic acid groups (broad SMARTS) is 1. The molecule has 4 rings (SSSR count). The second kappa shape index (κ2) is 8.19. The third-order valence-electron chi connectivity index (χ3n) is 5.52. The Hall–Kier alpha value is -2.72. The molecule has 2 aliphatic rings. The van der Waals surface area contributed by atoms with Gasteiger partial charge in [0.2, 0.25) is 5.91 Å². The maximum atomic E-state index is 13.3. The average Bonchev–Trinajstić information content (AvgIpc) is 3.29. The molecule has 0 bridgehead atoms. The first-order valence-electron chi connectivity index (χ1n) is 9.64. The van der Waals surface area contributed by atoms with Crippen LogP contribution in [0.5, 0.6) is 0 Å². The molecule has 9 nitrogen and oxygen atoms in total. The third-order valence-corrected chi connectivity index (χ3v) is 5.99. The van der Waals surface area contributed by atoms with Crippen LogP contribution in [0.1, 0.15) is 18.4 Å². The van der Waals surface area contributed by atoms with Crippen molar-refractivity contribution in [2.24, 2.45) is 10.9 Å². The van der Waals surface area contributed by atoms with E-state index in [9.17, 15) is 14.7 Å². The first-order valence-corrected chi connectivity index (χ1v) is 10.4. The fraction of sp³-hybridized carbons (Fsp3) is 0.400. The van der Waals surface area contributed by atoms with E-state index in [1.807, 2.05) is 30.3 Å². The summed E-state index contributed by atoms with van der Waals surface area (Å²) in [6.07, 6.45) is 1.17. The largest absolute Gasteiger partial charge is 0.465 e. The monoisotopic (exact) mass is 475 g/mol. The predicted molar refractivity (Wildman–Crippen MR) is 114 cm³/mol. The van der Waals surface area contributed by atoms with Crippen LogP contribution in [0.2, 0.25) is 0 Å². The number of para-hydroxylation sites is 1. The van der Waals surface area contributed by atoms with Crippen LogP contribution in [-0.2, 0) is 16.1 Å². The number of rotatable bonds is 5. The smallest absolute Gasteiger partial charge is 0.408 e. The summed E-state index contributed by atoms with van der Waals surface area (Å²) in [6, 6.07) is 9.15. The normalized spacial score (nSPS) is 25.8. The number of halogens is 1. The predicted octanol–water partition coefficient (Wildman–Crippen LogP) is 1.84. The number of oxime groups is 1. The van der Waals surface area contributed by atoms with E-state index in [-0.39, 0.29) is 32.0 Å². The molecule has 1 fully saturated rings. The van der Waals surface area contributed by atoms with Crippen molar-refractivity contribution in [2.75, 3.05) is 13.1 Å². The molecule has 1 aromatic carbocycles. The van der Waals surface area contributed by atoms with Crippen molar-refractivity contribution in [1.82, 2.24) is 15.2 Å². The van der Waals surface area contributed by atoms with E-state index < -0.39 is 23.6 Å². The van der Waals surface area contributed by atoms with Gasteiger partial charge >= 0.3 is 6.09 Å². The highest BCUT2D eigenvalue weighted by Crippen LogP contribution is 2.33. The lowest BCUT2D eigenvalue weighted by Gasteiger charge is -2.35. The first-order chi connectivity index (χ1) is 14.4. The molecule has 0 radical (unpaired) electrons. The van der Waals surface area contributed by atoms with Crippen molar-refractivity contribution >= 4 is 43.5 Å². The van der Waals surface area contributed by atoms with Gasteiger partial charge in [0.15, 0.2) is 6.10 Å². The van der Waals surface area contributed by atoms with E-state index in [0.29, 0.717) is 11.0 Å². The number of nitrogens with one attached hydrogen (secondary N) is 1. The number of carbonyl (C=O) groups is 2. The van der Waals surface area contributed by atoms with Gasteiger partial charge in [0.05, 0.1) is 12.1 Å². The number of hydrogen-bond donors (Lipinski definition) is 3. The Balaban J connectivity index is 1.61. The molecule has 30 heavy (non-hydrogen) atoms. The molecule has 0 spiro atoms. The van der Waals surface area contributed by atoms with Gasteiger partial charge in [-0.3, -0.25) is 14.7 Å². The number of benzene rings is 1. The minimum Gasteiger partial charge on any atom is -0.465 e. The second-order valence-corrected chi connectivity index (χ2v) is 8.63. The van der Waals surface area contributed by atoms with E-state index in [4.69, 9.17) is 10.6 Å². The molecular weight excluding hydrogens is 454 g/mol. The van der Waals surface area contributed by atoms with E-state index in [2.05, 4.69) is 31.4 Å². The molecule has 10 heteroatoms. The number of amides is 2. The number of nitrogens with zero attached hydrogens (tertiary/aromatic N) is 3. The van der Waals surface area contributed by atoms with Gasteiger partial charge < -0.3 is 21.0 Å². The van der Waals surface area contributed by atoms with Gasteiger partial charge in [0.1, 0.15) is 10.2 Å². The fourth-order valence-corrected chi connectivity index (χ4v) is 4.61. The number of aromatic nitrogens is 1. The van der Waals surface area contributed by atoms with Crippen LogP contribution in [0.3, 0.4) is 0 Å². The van der Waals surface area contributed by atoms with E-state index in [1.54, 1.807) is 6.20 Å². The van der Waals surface area contributed by atoms with Crippen LogP contribution in [0, 0.1) is 0 Å². The van der Waals surface area contributed by atoms with Crippen LogP contribution < -0.4 is 11.1 Å². The number of pyridine rings is 1. The summed E-state index contributed by atoms with van der Waals surface area (Å²) in [7, 11) is 0. The Morgan fingerprint density at radius 2 is 2.20 bits per heavy atom. The zero-order chi connectivity index (χ0) is 21.3. The van der Waals surface area contributed by atoms with Gasteiger partial charge in [-0.15, -0.1) is 0 Å². The van der Waals surface area contributed by atoms with Gasteiger partial charge in [-0.25, -0.2) is 4.79 Å². The van der Waals surface area contributed by atoms with E-state index in [1.165, 1.54) is 0 Å². The lowest BCUT2D eigenvalue weighted by molar-refractivity contribution is -0.131. The Bertz CT molecular complexity index is 1020. The number of carbonyl (C=O) groups excluding carboxylic acids is 1. The Labute approximate surface area is 181 Å². The molecule has 2 amide bonds. The van der Waals surface area contributed by atoms with Gasteiger partial charge in [-0.1, -0.05) is 23.4 Å². The van der Waals surface area contributed by atoms with Crippen molar-refractivity contribution in [3.8, 4) is 0 Å². The maximum Gasteiger partial charge on any atom is 0.408 e. The van der Waals surface area contributed by atoms with Gasteiger partial charge in [0, 0.05) is 37.0 Å². The molecule has 0 unspecified atom stereocenters. The van der Waals surface area contributed by atoms with Crippen LogP contribution in [-0.4, -0.2) is 62.4 Å². The molecule has 0 saturated carbocycles. The number of hydrogen-bond acceptors (Lipinski definition) is 6. The van der Waals surface area contributed by atoms with Gasteiger partial charge in [0.25, 0.3) is 0 Å². The summed E-state index contributed by atoms with van der Waals surface area (Å²) < 4.78 is 0.675. The number of nitrogens with two attached hydrogens (primary N) is 1. The van der Waals surface area contributed by atoms with Crippen molar-refractivity contribution < 1.29 is 19.5 Å². The van der Waals surface area contributed by atoms with E-state index in [0.717, 1.165) is 21.4 Å². The van der Waals surface area contributed by atoms with E-state index >= 15 is 0 Å². The van der Waals surface area contributed by atoms with Crippen LogP contribution >= 0.6 is 15.9 Å². The summed E-state index contributed by atoms with van der Waals surface area (Å²) in [4.78, 5) is 36.2. The topological polar surface area (TPSA) is 130 Å². The summed E-state index contributed by atoms with van der Waals surface area (Å²) in [5.41, 5.74) is 6.40. The molecule has 158 valence electrons. The first kappa shape index (κ1) is 20.5. The highest BCUT2D eigenvalue weighted by molar-refractivity contribution is 9.18. The average molecular weight is 476 g/mol. The van der Waals surface area contributed by atoms with Crippen LogP contribution in [0.25, 0.3) is 10.9 Å². The fourth-order valence-electron chi connectivity index (χ4n) is 4.17. The molecule has 1 aromatic heterocycles. The minimum atomic E-state index is -1.31. The van der Waals surface area contributed by atoms with Gasteiger partial charge in [-0.05, 0) is 40.0 Å². The standard InChI is InChI=1S/C20H22BrN5O4/c21-17-6-15(30-25-17)10-24-18(27)20(8-14(22)11-26(20)19(28)29)7-12-5-13-3-1-2-4-16(13)23-9-12/h1-5,9,14-15H,6-8,10-11,22H2,(H,24,27)(H,28,29)/t14-,15+,20+/m1/s1. The summed E-state index contributed by atoms with van der Waals surface area (Å²) in [5, 5.41) is 17.4. The highest BCUT2D eigenvalue weighted by Gasteiger charge is 2.52. The molecule has 1 saturated heterocycles. The summed E-state index contributed by atoms with van der Waals surface area (Å²) >= 11 is 3.27. The van der Waals surface area contributed by atoms with Crippen molar-refractivity contribution in [3.05, 3.63) is 42.1 Å². The number of likely N-dealkylation sites (tertiary alicyclic amines) is 1. The molecule has 3 heterocycles. The van der Waals surface area contributed by atoms with Gasteiger partial charge in [-0.2, -0.15) is 0 Å². The molecule has 0 aliphatic carbocycles. The SMILES string of the molecule is N[C@H]1CN(C(=O)O)[C@](Cc2cnc3ccccc3c2)(C(=O)NC[C@@H]2CC(Br)=NO2)C1. The Kier molecular flexibility index (Phi) is 5.61. The minimum absolute atomic E-state index is 0.0956. The molecule has 3 atom stereocenters. The van der Waals surface area contributed by atoms with Crippen molar-refractivity contribution in [1.29, 1.82) is 0 Å². The van der Waals surface area contributed by atoms with Crippen LogP contribution in [0.4, 0.5) is 4.79 Å². The highest BCUT2D eigenvalue weighted by atomic mass is 79.9. The Morgan fingerprint density at radius 1 is 1.40 bits per heavy atom. The second-order valence-electron chi connectivity index (χ2n) is 7.71. The lowest BCUT2D eigenvalue weighted by Crippen LogP contribution is -2.59. The molecule has 2 aliphatic heterocycles. The zero-order valence-corrected chi connectivity index (χ0v) is 17.7. The van der Waals surface area contributed by atoms with Crippen molar-refractivity contribution in [2.45, 2.75) is 36.9 Å².